The molecule has 0 amide bonds. The molecular formula is C28H53N3O3. The predicted octanol–water partition coefficient (Wildman–Crippen LogP) is 6.32. The van der Waals surface area contributed by atoms with E-state index in [-0.39, 0.29) is 11.9 Å². The molecule has 0 bridgehead atoms. The summed E-state index contributed by atoms with van der Waals surface area (Å²) in [5, 5.41) is 0. The molecule has 0 spiro atoms. The molecule has 0 atom stereocenters. The number of hydrogen-bond acceptors (Lipinski definition) is 6. The van der Waals surface area contributed by atoms with Crippen LogP contribution in [0.5, 0.6) is 0 Å². The van der Waals surface area contributed by atoms with E-state index in [9.17, 15) is 4.79 Å². The van der Waals surface area contributed by atoms with E-state index < -0.39 is 0 Å². The van der Waals surface area contributed by atoms with Crippen molar-refractivity contribution in [3.8, 4) is 0 Å². The summed E-state index contributed by atoms with van der Waals surface area (Å²) in [7, 11) is 5.03. The summed E-state index contributed by atoms with van der Waals surface area (Å²) >= 11 is 0. The molecular weight excluding hydrogens is 426 g/mol. The average Bonchev–Trinajstić information content (AvgIpc) is 2.88. The number of nitrogens with two attached hydrogens (primary N) is 1. The van der Waals surface area contributed by atoms with Crippen LogP contribution in [0.4, 0.5) is 0 Å². The fraction of sp³-hybridized carbons (Fsp3) is 0.679. The van der Waals surface area contributed by atoms with Gasteiger partial charge >= 0.3 is 5.97 Å². The Kier molecular flexibility index (Phi) is 22.8. The lowest BCUT2D eigenvalue weighted by Gasteiger charge is -2.18. The van der Waals surface area contributed by atoms with Gasteiger partial charge in [-0.15, -0.1) is 0 Å². The fourth-order valence-electron chi connectivity index (χ4n) is 3.78. The van der Waals surface area contributed by atoms with E-state index in [4.69, 9.17) is 10.5 Å². The second kappa shape index (κ2) is 22.7. The molecule has 6 heteroatoms. The van der Waals surface area contributed by atoms with Crippen LogP contribution >= 0.6 is 0 Å². The highest BCUT2D eigenvalue weighted by Gasteiger charge is 2.20. The van der Waals surface area contributed by atoms with Crippen LogP contribution in [0, 0.1) is 5.92 Å². The summed E-state index contributed by atoms with van der Waals surface area (Å²) in [6.07, 6.45) is 15.0. The van der Waals surface area contributed by atoms with Gasteiger partial charge in [-0.3, -0.25) is 4.79 Å². The quantitative estimate of drug-likeness (QED) is 0.139. The Bertz CT molecular complexity index is 658. The predicted molar refractivity (Wildman–Crippen MR) is 146 cm³/mol. The number of carbonyl (C=O) groups is 1. The minimum Gasteiger partial charge on any atom is -0.497 e. The zero-order valence-electron chi connectivity index (χ0n) is 23.5. The normalized spacial score (nSPS) is 15.8. The van der Waals surface area contributed by atoms with Crippen LogP contribution in [0.3, 0.4) is 0 Å². The number of nitrogens with one attached hydrogen (secondary N) is 2. The third-order valence-electron chi connectivity index (χ3n) is 5.54. The monoisotopic (exact) mass is 479 g/mol. The third kappa shape index (κ3) is 14.3. The number of methoxy groups -OCH3 is 2. The maximum absolute atomic E-state index is 10.9. The van der Waals surface area contributed by atoms with Crippen molar-refractivity contribution >= 4 is 5.97 Å². The van der Waals surface area contributed by atoms with Crippen molar-refractivity contribution < 1.29 is 14.3 Å². The van der Waals surface area contributed by atoms with Gasteiger partial charge < -0.3 is 20.6 Å². The number of ether oxygens (including phenoxy) is 2. The van der Waals surface area contributed by atoms with Gasteiger partial charge in [0.1, 0.15) is 5.76 Å². The zero-order valence-corrected chi connectivity index (χ0v) is 23.5. The smallest absolute Gasteiger partial charge is 0.308 e. The maximum atomic E-state index is 10.9. The van der Waals surface area contributed by atoms with Gasteiger partial charge in [-0.2, -0.15) is 0 Å². The van der Waals surface area contributed by atoms with Crippen LogP contribution in [-0.4, -0.2) is 33.8 Å². The van der Waals surface area contributed by atoms with Crippen molar-refractivity contribution in [2.24, 2.45) is 11.7 Å². The molecule has 0 aromatic heterocycles. The highest BCUT2D eigenvalue weighted by Crippen LogP contribution is 2.24. The van der Waals surface area contributed by atoms with Crippen molar-refractivity contribution in [2.75, 3.05) is 27.8 Å². The van der Waals surface area contributed by atoms with Gasteiger partial charge in [0.05, 0.1) is 25.8 Å². The second-order valence-electron chi connectivity index (χ2n) is 8.05. The van der Waals surface area contributed by atoms with Gasteiger partial charge in [-0.1, -0.05) is 65.5 Å². The zero-order chi connectivity index (χ0) is 26.4. The molecule has 0 radical (unpaired) electrons. The van der Waals surface area contributed by atoms with Crippen molar-refractivity contribution in [2.45, 2.75) is 92.9 Å². The van der Waals surface area contributed by atoms with E-state index in [1.807, 2.05) is 27.0 Å². The average molecular weight is 480 g/mol. The molecule has 1 rings (SSSR count). The van der Waals surface area contributed by atoms with Crippen molar-refractivity contribution in [1.29, 1.82) is 0 Å². The largest absolute Gasteiger partial charge is 0.497 e. The van der Waals surface area contributed by atoms with Crippen LogP contribution < -0.4 is 16.6 Å². The Morgan fingerprint density at radius 2 is 1.62 bits per heavy atom. The first kappa shape index (κ1) is 34.1. The van der Waals surface area contributed by atoms with E-state index in [2.05, 4.69) is 55.4 Å². The van der Waals surface area contributed by atoms with Crippen LogP contribution in [0.15, 0.2) is 46.4 Å². The summed E-state index contributed by atoms with van der Waals surface area (Å²) in [5.41, 5.74) is 16.7. The Hall–Kier alpha value is -2.05. The van der Waals surface area contributed by atoms with Crippen LogP contribution in [0.2, 0.25) is 0 Å². The van der Waals surface area contributed by atoms with Crippen LogP contribution in [0.25, 0.3) is 0 Å². The number of esters is 1. The first-order chi connectivity index (χ1) is 16.4. The standard InChI is InChI=1S/C18H33N3O.C8H14O2.C2H6/c1-7-9-14(3)17(22-6)12-11-15(4)18(21-20-5)16(13-19)10-8-2;1-10-8(9)7-5-3-2-4-6-7;1-2/h9,11-12,20-21H,7-8,10,13,19H2,1-6H3;7H,2-6H2,1H3;1-2H3/b14-9+,15-11+,17-12+,18-16+;;. The summed E-state index contributed by atoms with van der Waals surface area (Å²) in [5.74, 6) is 1.08. The van der Waals surface area contributed by atoms with Gasteiger partial charge in [-0.25, -0.2) is 5.43 Å². The number of hydrogen-bond donors (Lipinski definition) is 3. The molecule has 6 nitrogen and oxygen atoms in total. The molecule has 1 aliphatic carbocycles. The van der Waals surface area contributed by atoms with Crippen molar-refractivity contribution in [3.63, 3.8) is 0 Å². The Morgan fingerprint density at radius 3 is 2.06 bits per heavy atom. The first-order valence-corrected chi connectivity index (χ1v) is 12.9. The molecule has 0 unspecified atom stereocenters. The van der Waals surface area contributed by atoms with Gasteiger partial charge in [0.2, 0.25) is 0 Å². The molecule has 4 N–H and O–H groups in total. The molecule has 0 aliphatic heterocycles. The number of allylic oxidation sites excluding steroid dienone is 5. The molecule has 0 aromatic rings. The lowest BCUT2D eigenvalue weighted by atomic mass is 9.89. The van der Waals surface area contributed by atoms with Crippen molar-refractivity contribution in [3.05, 3.63) is 46.4 Å². The Labute approximate surface area is 210 Å². The molecule has 198 valence electrons. The number of hydrazine groups is 1. The molecule has 1 fully saturated rings. The topological polar surface area (TPSA) is 85.6 Å². The summed E-state index contributed by atoms with van der Waals surface area (Å²) in [6.45, 7) is 13.0. The lowest BCUT2D eigenvalue weighted by molar-refractivity contribution is -0.146. The molecule has 0 saturated heterocycles. The highest BCUT2D eigenvalue weighted by atomic mass is 16.5. The van der Waals surface area contributed by atoms with Gasteiger partial charge in [0.25, 0.3) is 0 Å². The van der Waals surface area contributed by atoms with E-state index in [1.165, 1.54) is 31.9 Å². The Morgan fingerprint density at radius 1 is 1.00 bits per heavy atom. The summed E-state index contributed by atoms with van der Waals surface area (Å²) in [6, 6.07) is 0. The minimum absolute atomic E-state index is 0.0142. The van der Waals surface area contributed by atoms with Gasteiger partial charge in [-0.05, 0) is 62.3 Å². The molecule has 0 heterocycles. The fourth-order valence-corrected chi connectivity index (χ4v) is 3.78. The minimum atomic E-state index is -0.0142. The van der Waals surface area contributed by atoms with E-state index in [0.29, 0.717) is 6.54 Å². The van der Waals surface area contributed by atoms with Crippen LogP contribution in [0.1, 0.15) is 92.9 Å². The molecule has 1 saturated carbocycles. The summed E-state index contributed by atoms with van der Waals surface area (Å²) in [4.78, 5) is 10.9. The highest BCUT2D eigenvalue weighted by molar-refractivity contribution is 5.72. The van der Waals surface area contributed by atoms with E-state index >= 15 is 0 Å². The van der Waals surface area contributed by atoms with Crippen LogP contribution in [-0.2, 0) is 14.3 Å². The maximum Gasteiger partial charge on any atom is 0.308 e. The SMILES string of the molecule is CC.CC/C=C(C)/C(=C\C=C(C)\C(NNC)=C(/CN)CCC)OC.COC(=O)C1CCCCC1. The van der Waals surface area contributed by atoms with E-state index in [0.717, 1.165) is 54.7 Å². The second-order valence-corrected chi connectivity index (χ2v) is 8.05. The number of carbonyl (C=O) groups excluding carboxylic acids is 1. The third-order valence-corrected chi connectivity index (χ3v) is 5.54. The first-order valence-electron chi connectivity index (χ1n) is 12.9. The Balaban J connectivity index is 0. The lowest BCUT2D eigenvalue weighted by Crippen LogP contribution is -2.29. The van der Waals surface area contributed by atoms with Crippen molar-refractivity contribution in [1.82, 2.24) is 10.9 Å². The molecule has 1 aliphatic rings. The molecule has 34 heavy (non-hydrogen) atoms. The summed E-state index contributed by atoms with van der Waals surface area (Å²) < 4.78 is 10.1. The van der Waals surface area contributed by atoms with E-state index in [1.54, 1.807) is 7.11 Å². The van der Waals surface area contributed by atoms with Gasteiger partial charge in [0, 0.05) is 13.6 Å². The van der Waals surface area contributed by atoms with Gasteiger partial charge in [0.15, 0.2) is 0 Å². The molecule has 0 aromatic carbocycles. The number of rotatable bonds is 11.